The summed E-state index contributed by atoms with van der Waals surface area (Å²) in [5.74, 6) is -1.26. The molecule has 0 N–H and O–H groups in total. The molecule has 0 radical (unpaired) electrons. The summed E-state index contributed by atoms with van der Waals surface area (Å²) in [7, 11) is 0. The normalized spacial score (nSPS) is 10.8. The van der Waals surface area contributed by atoms with E-state index >= 15 is 0 Å². The lowest BCUT2D eigenvalue weighted by atomic mass is 10.1. The Kier molecular flexibility index (Phi) is 4.69. The Morgan fingerprint density at radius 1 is 1.21 bits per heavy atom. The quantitative estimate of drug-likeness (QED) is 0.463. The van der Waals surface area contributed by atoms with Crippen LogP contribution in [0.3, 0.4) is 0 Å². The Hall–Kier alpha value is -2.18. The predicted molar refractivity (Wildman–Crippen MR) is 90.7 cm³/mol. The number of benzene rings is 2. The summed E-state index contributed by atoms with van der Waals surface area (Å²) in [6.45, 7) is -0.143. The van der Waals surface area contributed by atoms with Crippen molar-refractivity contribution in [2.45, 2.75) is 6.61 Å². The Labute approximate surface area is 148 Å². The van der Waals surface area contributed by atoms with E-state index in [4.69, 9.17) is 20.8 Å². The lowest BCUT2D eigenvalue weighted by Gasteiger charge is -2.08. The van der Waals surface area contributed by atoms with E-state index in [1.165, 1.54) is 12.1 Å². The van der Waals surface area contributed by atoms with Crippen LogP contribution < -0.4 is 5.63 Å². The summed E-state index contributed by atoms with van der Waals surface area (Å²) in [6.07, 6.45) is 0. The van der Waals surface area contributed by atoms with Gasteiger partial charge in [0.25, 0.3) is 0 Å². The molecule has 1 heterocycles. The molecule has 2 aromatic carbocycles. The zero-order valence-corrected chi connectivity index (χ0v) is 14.4. The van der Waals surface area contributed by atoms with E-state index < -0.39 is 17.4 Å². The summed E-state index contributed by atoms with van der Waals surface area (Å²) < 4.78 is 24.1. The van der Waals surface area contributed by atoms with Gasteiger partial charge < -0.3 is 9.15 Å². The maximum absolute atomic E-state index is 13.0. The third-order valence-electron chi connectivity index (χ3n) is 3.30. The van der Waals surface area contributed by atoms with Gasteiger partial charge >= 0.3 is 11.6 Å². The number of ether oxygens (including phenoxy) is 1. The van der Waals surface area contributed by atoms with Gasteiger partial charge in [-0.25, -0.2) is 14.0 Å². The smallest absolute Gasteiger partial charge is 0.339 e. The molecule has 3 aromatic rings. The highest BCUT2D eigenvalue weighted by Gasteiger charge is 2.14. The average molecular weight is 412 g/mol. The molecule has 0 aliphatic heterocycles. The molecular formula is C17H9BrClFO4. The minimum atomic E-state index is -0.710. The maximum atomic E-state index is 13.0. The van der Waals surface area contributed by atoms with Gasteiger partial charge in [-0.15, -0.1) is 0 Å². The zero-order chi connectivity index (χ0) is 17.3. The number of esters is 1. The molecule has 0 atom stereocenters. The van der Waals surface area contributed by atoms with E-state index in [2.05, 4.69) is 15.9 Å². The Morgan fingerprint density at radius 2 is 2.00 bits per heavy atom. The SMILES string of the molecule is O=C(OCc1cc(=O)oc2cc(Br)ccc12)c1ccc(F)cc1Cl. The highest BCUT2D eigenvalue weighted by atomic mass is 79.9. The summed E-state index contributed by atoms with van der Waals surface area (Å²) in [5, 5.41) is 0.608. The van der Waals surface area contributed by atoms with Crippen molar-refractivity contribution in [2.24, 2.45) is 0 Å². The summed E-state index contributed by atoms with van der Waals surface area (Å²) >= 11 is 9.13. The number of halogens is 3. The molecule has 0 aliphatic rings. The molecule has 122 valence electrons. The molecule has 0 saturated carbocycles. The van der Waals surface area contributed by atoms with Gasteiger partial charge in [0.15, 0.2) is 0 Å². The first-order chi connectivity index (χ1) is 11.4. The topological polar surface area (TPSA) is 56.5 Å². The van der Waals surface area contributed by atoms with Crippen LogP contribution in [0.2, 0.25) is 5.02 Å². The lowest BCUT2D eigenvalue weighted by molar-refractivity contribution is 0.0474. The van der Waals surface area contributed by atoms with Crippen molar-refractivity contribution in [3.05, 3.63) is 79.3 Å². The standard InChI is InChI=1S/C17H9BrClFO4/c18-10-1-3-12-9(5-16(21)24-15(12)6-10)8-23-17(22)13-4-2-11(20)7-14(13)19/h1-7H,8H2. The first-order valence-corrected chi connectivity index (χ1v) is 7.95. The van der Waals surface area contributed by atoms with Crippen LogP contribution in [0.1, 0.15) is 15.9 Å². The molecule has 0 fully saturated rings. The summed E-state index contributed by atoms with van der Waals surface area (Å²) in [4.78, 5) is 23.7. The first kappa shape index (κ1) is 16.7. The van der Waals surface area contributed by atoms with Crippen LogP contribution in [0.15, 0.2) is 56.1 Å². The second-order valence-electron chi connectivity index (χ2n) is 4.93. The molecule has 3 rings (SSSR count). The molecule has 1 aromatic heterocycles. The number of carbonyl (C=O) groups is 1. The van der Waals surface area contributed by atoms with Crippen molar-refractivity contribution < 1.29 is 18.3 Å². The van der Waals surface area contributed by atoms with E-state index in [9.17, 15) is 14.0 Å². The molecule has 7 heteroatoms. The van der Waals surface area contributed by atoms with Crippen molar-refractivity contribution in [3.63, 3.8) is 0 Å². The van der Waals surface area contributed by atoms with Gasteiger partial charge in [-0.05, 0) is 36.4 Å². The third kappa shape index (κ3) is 3.49. The second kappa shape index (κ2) is 6.75. The number of hydrogen-bond acceptors (Lipinski definition) is 4. The lowest BCUT2D eigenvalue weighted by Crippen LogP contribution is -2.08. The number of fused-ring (bicyclic) bond motifs is 1. The number of hydrogen-bond donors (Lipinski definition) is 0. The molecule has 4 nitrogen and oxygen atoms in total. The van der Waals surface area contributed by atoms with Crippen LogP contribution in [0.4, 0.5) is 4.39 Å². The van der Waals surface area contributed by atoms with E-state index in [0.717, 1.165) is 16.6 Å². The van der Waals surface area contributed by atoms with Crippen LogP contribution in [0.5, 0.6) is 0 Å². The van der Waals surface area contributed by atoms with Gasteiger partial charge in [0.1, 0.15) is 18.0 Å². The molecule has 0 spiro atoms. The van der Waals surface area contributed by atoms with Crippen molar-refractivity contribution in [1.29, 1.82) is 0 Å². The minimum absolute atomic E-state index is 0.0404. The summed E-state index contributed by atoms with van der Waals surface area (Å²) in [6, 6.07) is 9.83. The maximum Gasteiger partial charge on any atom is 0.339 e. The number of carbonyl (C=O) groups excluding carboxylic acids is 1. The van der Waals surface area contributed by atoms with Gasteiger partial charge in [0, 0.05) is 21.5 Å². The largest absolute Gasteiger partial charge is 0.457 e. The molecule has 24 heavy (non-hydrogen) atoms. The minimum Gasteiger partial charge on any atom is -0.457 e. The van der Waals surface area contributed by atoms with E-state index in [0.29, 0.717) is 16.5 Å². The van der Waals surface area contributed by atoms with Crippen molar-refractivity contribution in [1.82, 2.24) is 0 Å². The fourth-order valence-corrected chi connectivity index (χ4v) is 2.78. The molecule has 0 unspecified atom stereocenters. The van der Waals surface area contributed by atoms with Crippen molar-refractivity contribution in [3.8, 4) is 0 Å². The van der Waals surface area contributed by atoms with Gasteiger partial charge in [0.2, 0.25) is 0 Å². The fraction of sp³-hybridized carbons (Fsp3) is 0.0588. The first-order valence-electron chi connectivity index (χ1n) is 6.78. The zero-order valence-electron chi connectivity index (χ0n) is 12.0. The van der Waals surface area contributed by atoms with Gasteiger partial charge in [-0.2, -0.15) is 0 Å². The van der Waals surface area contributed by atoms with Crippen LogP contribution in [0, 0.1) is 5.82 Å². The fourth-order valence-electron chi connectivity index (χ4n) is 2.20. The molecule has 0 aliphatic carbocycles. The van der Waals surface area contributed by atoms with Gasteiger partial charge in [-0.3, -0.25) is 0 Å². The highest BCUT2D eigenvalue weighted by molar-refractivity contribution is 9.10. The molecule has 0 amide bonds. The van der Waals surface area contributed by atoms with Crippen molar-refractivity contribution in [2.75, 3.05) is 0 Å². The molecule has 0 bridgehead atoms. The predicted octanol–water partition coefficient (Wildman–Crippen LogP) is 4.71. The average Bonchev–Trinajstić information content (AvgIpc) is 2.51. The van der Waals surface area contributed by atoms with Crippen LogP contribution >= 0.6 is 27.5 Å². The van der Waals surface area contributed by atoms with Crippen LogP contribution in [-0.4, -0.2) is 5.97 Å². The Morgan fingerprint density at radius 3 is 2.75 bits per heavy atom. The highest BCUT2D eigenvalue weighted by Crippen LogP contribution is 2.23. The molecular weight excluding hydrogens is 403 g/mol. The number of rotatable bonds is 3. The van der Waals surface area contributed by atoms with E-state index in [1.54, 1.807) is 18.2 Å². The van der Waals surface area contributed by atoms with Gasteiger partial charge in [0.05, 0.1) is 10.6 Å². The monoisotopic (exact) mass is 410 g/mol. The van der Waals surface area contributed by atoms with E-state index in [-0.39, 0.29) is 17.2 Å². The summed E-state index contributed by atoms with van der Waals surface area (Å²) in [5.41, 5.74) is 0.377. The van der Waals surface area contributed by atoms with Gasteiger partial charge in [-0.1, -0.05) is 27.5 Å². The van der Waals surface area contributed by atoms with Crippen LogP contribution in [0.25, 0.3) is 11.0 Å². The van der Waals surface area contributed by atoms with Crippen LogP contribution in [-0.2, 0) is 11.3 Å². The Balaban J connectivity index is 1.88. The van der Waals surface area contributed by atoms with Crippen molar-refractivity contribution >= 4 is 44.5 Å². The van der Waals surface area contributed by atoms with E-state index in [1.807, 2.05) is 0 Å². The molecule has 0 saturated heterocycles. The Bertz CT molecular complexity index is 1000. The second-order valence-corrected chi connectivity index (χ2v) is 6.25. The third-order valence-corrected chi connectivity index (χ3v) is 4.11.